The molecule has 0 fully saturated rings. The van der Waals surface area contributed by atoms with Crippen molar-refractivity contribution in [3.63, 3.8) is 0 Å². The molecule has 0 aliphatic carbocycles. The molecule has 3 aromatic rings. The molecule has 0 bridgehead atoms. The molecule has 0 aromatic heterocycles. The second kappa shape index (κ2) is 7.82. The molecule has 0 aliphatic heterocycles. The van der Waals surface area contributed by atoms with Crippen LogP contribution in [0.4, 0.5) is 39.5 Å². The molecule has 3 aromatic carbocycles. The van der Waals surface area contributed by atoms with Crippen LogP contribution in [0.15, 0.2) is 30.3 Å². The van der Waals surface area contributed by atoms with Gasteiger partial charge in [-0.25, -0.2) is 26.3 Å². The lowest BCUT2D eigenvalue weighted by Crippen LogP contribution is -2.26. The highest BCUT2D eigenvalue weighted by Gasteiger charge is 2.43. The third-order valence-corrected chi connectivity index (χ3v) is 4.45. The standard InChI is InChI=1S/C21H11F9O/c1-8-3-4-11(12(22)5-8)10-6-13(23)15(14(24)7-10)21(29,30)31-20-9(2)16(25)17(26)18(27)19(20)28/h3-7H,1-2H3. The van der Waals surface area contributed by atoms with E-state index in [9.17, 15) is 39.5 Å². The van der Waals surface area contributed by atoms with Gasteiger partial charge in [-0.05, 0) is 43.2 Å². The Balaban J connectivity index is 2.09. The number of hydrogen-bond donors (Lipinski definition) is 0. The third kappa shape index (κ3) is 3.94. The van der Waals surface area contributed by atoms with E-state index in [0.29, 0.717) is 24.6 Å². The Bertz CT molecular complexity index is 1140. The highest BCUT2D eigenvalue weighted by atomic mass is 19.3. The first-order valence-electron chi connectivity index (χ1n) is 8.50. The summed E-state index contributed by atoms with van der Waals surface area (Å²) in [6.45, 7) is 2.15. The Labute approximate surface area is 169 Å². The number of hydrogen-bond acceptors (Lipinski definition) is 1. The lowest BCUT2D eigenvalue weighted by Gasteiger charge is -2.22. The molecule has 10 heteroatoms. The van der Waals surface area contributed by atoms with E-state index in [-0.39, 0.29) is 5.56 Å². The van der Waals surface area contributed by atoms with Crippen LogP contribution in [0.25, 0.3) is 11.1 Å². The predicted molar refractivity (Wildman–Crippen MR) is 92.0 cm³/mol. The summed E-state index contributed by atoms with van der Waals surface area (Å²) in [5, 5.41) is 0. The van der Waals surface area contributed by atoms with Gasteiger partial charge < -0.3 is 4.74 Å². The van der Waals surface area contributed by atoms with Crippen molar-refractivity contribution in [1.29, 1.82) is 0 Å². The van der Waals surface area contributed by atoms with Gasteiger partial charge in [-0.15, -0.1) is 0 Å². The van der Waals surface area contributed by atoms with Gasteiger partial charge in [0.15, 0.2) is 17.4 Å². The quantitative estimate of drug-likeness (QED) is 0.235. The zero-order chi connectivity index (χ0) is 23.2. The summed E-state index contributed by atoms with van der Waals surface area (Å²) in [4.78, 5) is 0. The summed E-state index contributed by atoms with van der Waals surface area (Å²) < 4.78 is 130. The maximum absolute atomic E-state index is 14.5. The molecule has 0 spiro atoms. The number of aryl methyl sites for hydroxylation is 1. The van der Waals surface area contributed by atoms with E-state index < -0.39 is 69.3 Å². The van der Waals surface area contributed by atoms with E-state index in [2.05, 4.69) is 4.74 Å². The number of halogens is 9. The average Bonchev–Trinajstić information content (AvgIpc) is 2.67. The van der Waals surface area contributed by atoms with Crippen molar-refractivity contribution in [2.24, 2.45) is 0 Å². The molecule has 0 unspecified atom stereocenters. The van der Waals surface area contributed by atoms with E-state index in [1.54, 1.807) is 6.92 Å². The molecule has 3 rings (SSSR count). The van der Waals surface area contributed by atoms with E-state index >= 15 is 0 Å². The van der Waals surface area contributed by atoms with Gasteiger partial charge in [0.05, 0.1) is 0 Å². The summed E-state index contributed by atoms with van der Waals surface area (Å²) in [7, 11) is 0. The normalized spacial score (nSPS) is 11.7. The molecule has 0 aliphatic rings. The van der Waals surface area contributed by atoms with E-state index in [0.717, 1.165) is 6.07 Å². The van der Waals surface area contributed by atoms with Gasteiger partial charge in [0.1, 0.15) is 23.0 Å². The minimum Gasteiger partial charge on any atom is -0.425 e. The maximum atomic E-state index is 14.5. The van der Waals surface area contributed by atoms with Gasteiger partial charge in [-0.3, -0.25) is 0 Å². The Morgan fingerprint density at radius 2 is 1.23 bits per heavy atom. The number of rotatable bonds is 4. The lowest BCUT2D eigenvalue weighted by atomic mass is 10.0. The first kappa shape index (κ1) is 22.5. The fourth-order valence-corrected chi connectivity index (χ4v) is 2.88. The molecule has 0 N–H and O–H groups in total. The van der Waals surface area contributed by atoms with Gasteiger partial charge in [-0.1, -0.05) is 12.1 Å². The van der Waals surface area contributed by atoms with Crippen LogP contribution in [0.1, 0.15) is 16.7 Å². The van der Waals surface area contributed by atoms with Gasteiger partial charge in [-0.2, -0.15) is 13.2 Å². The molecular weight excluding hydrogens is 439 g/mol. The second-order valence-electron chi connectivity index (χ2n) is 6.63. The Morgan fingerprint density at radius 3 is 1.77 bits per heavy atom. The minimum atomic E-state index is -4.97. The van der Waals surface area contributed by atoms with E-state index in [4.69, 9.17) is 0 Å². The smallest absolute Gasteiger partial charge is 0.425 e. The highest BCUT2D eigenvalue weighted by molar-refractivity contribution is 5.65. The summed E-state index contributed by atoms with van der Waals surface area (Å²) >= 11 is 0. The fourth-order valence-electron chi connectivity index (χ4n) is 2.88. The van der Waals surface area contributed by atoms with Crippen molar-refractivity contribution in [3.8, 4) is 16.9 Å². The Hall–Kier alpha value is -3.17. The van der Waals surface area contributed by atoms with Gasteiger partial charge in [0, 0.05) is 11.1 Å². The zero-order valence-electron chi connectivity index (χ0n) is 15.7. The van der Waals surface area contributed by atoms with Crippen molar-refractivity contribution in [2.45, 2.75) is 20.0 Å². The van der Waals surface area contributed by atoms with Crippen LogP contribution in [0, 0.1) is 54.6 Å². The first-order chi connectivity index (χ1) is 14.3. The van der Waals surface area contributed by atoms with Crippen molar-refractivity contribution < 1.29 is 44.3 Å². The van der Waals surface area contributed by atoms with Gasteiger partial charge in [0.25, 0.3) is 0 Å². The van der Waals surface area contributed by atoms with E-state index in [1.807, 2.05) is 0 Å². The summed E-state index contributed by atoms with van der Waals surface area (Å²) in [5.41, 5.74) is -3.42. The predicted octanol–water partition coefficient (Wildman–Crippen LogP) is 7.07. The van der Waals surface area contributed by atoms with Crippen LogP contribution in [0.3, 0.4) is 0 Å². The lowest BCUT2D eigenvalue weighted by molar-refractivity contribution is -0.191. The Morgan fingerprint density at radius 1 is 0.677 bits per heavy atom. The number of ether oxygens (including phenoxy) is 1. The first-order valence-corrected chi connectivity index (χ1v) is 8.50. The number of alkyl halides is 2. The van der Waals surface area contributed by atoms with Crippen LogP contribution < -0.4 is 4.74 Å². The van der Waals surface area contributed by atoms with Crippen LogP contribution >= 0.6 is 0 Å². The van der Waals surface area contributed by atoms with Crippen LogP contribution in [-0.4, -0.2) is 0 Å². The summed E-state index contributed by atoms with van der Waals surface area (Å²) in [5.74, 6) is -15.5. The van der Waals surface area contributed by atoms with Crippen LogP contribution in [-0.2, 0) is 6.11 Å². The second-order valence-corrected chi connectivity index (χ2v) is 6.63. The van der Waals surface area contributed by atoms with Crippen molar-refractivity contribution >= 4 is 0 Å². The number of benzene rings is 3. The molecule has 0 saturated heterocycles. The van der Waals surface area contributed by atoms with Crippen molar-refractivity contribution in [2.75, 3.05) is 0 Å². The maximum Gasteiger partial charge on any atom is 0.432 e. The molecule has 0 heterocycles. The molecule has 31 heavy (non-hydrogen) atoms. The van der Waals surface area contributed by atoms with Crippen LogP contribution in [0.2, 0.25) is 0 Å². The topological polar surface area (TPSA) is 9.23 Å². The molecule has 0 atom stereocenters. The Kier molecular flexibility index (Phi) is 5.68. The highest BCUT2D eigenvalue weighted by Crippen LogP contribution is 2.40. The van der Waals surface area contributed by atoms with E-state index in [1.165, 1.54) is 12.1 Å². The molecule has 1 nitrogen and oxygen atoms in total. The molecule has 0 amide bonds. The van der Waals surface area contributed by atoms with Crippen molar-refractivity contribution in [3.05, 3.63) is 87.7 Å². The largest absolute Gasteiger partial charge is 0.432 e. The summed E-state index contributed by atoms with van der Waals surface area (Å²) in [6.07, 6.45) is -4.97. The third-order valence-electron chi connectivity index (χ3n) is 4.45. The van der Waals surface area contributed by atoms with Gasteiger partial charge in [0.2, 0.25) is 11.6 Å². The minimum absolute atomic E-state index is 0.288. The molecule has 0 saturated carbocycles. The zero-order valence-corrected chi connectivity index (χ0v) is 15.7. The molecular formula is C21H11F9O. The van der Waals surface area contributed by atoms with Crippen molar-refractivity contribution in [1.82, 2.24) is 0 Å². The summed E-state index contributed by atoms with van der Waals surface area (Å²) in [6, 6.07) is 4.43. The molecule has 0 radical (unpaired) electrons. The average molecular weight is 450 g/mol. The van der Waals surface area contributed by atoms with Gasteiger partial charge >= 0.3 is 6.11 Å². The fraction of sp³-hybridized carbons (Fsp3) is 0.143. The SMILES string of the molecule is Cc1ccc(-c2cc(F)c(C(F)(F)Oc3c(C)c(F)c(F)c(F)c3F)c(F)c2)c(F)c1. The monoisotopic (exact) mass is 450 g/mol. The van der Waals surface area contributed by atoms with Crippen LogP contribution in [0.5, 0.6) is 5.75 Å². The molecule has 164 valence electrons.